The fraction of sp³-hybridized carbons (Fsp3) is 0.842. The molecule has 2 saturated heterocycles. The maximum atomic E-state index is 12.2. The first-order valence-electron chi connectivity index (χ1n) is 9.71. The van der Waals surface area contributed by atoms with Gasteiger partial charge >= 0.3 is 0 Å². The van der Waals surface area contributed by atoms with Gasteiger partial charge in [0.15, 0.2) is 0 Å². The van der Waals surface area contributed by atoms with E-state index >= 15 is 0 Å². The van der Waals surface area contributed by atoms with Crippen LogP contribution >= 0.6 is 0 Å². The molecule has 2 N–H and O–H groups in total. The first-order valence-corrected chi connectivity index (χ1v) is 9.71. The third-order valence-corrected chi connectivity index (χ3v) is 5.17. The molecule has 0 unspecified atom stereocenters. The molecule has 2 aliphatic rings. The summed E-state index contributed by atoms with van der Waals surface area (Å²) in [5, 5.41) is 9.63. The molecule has 1 spiro atoms. The quantitative estimate of drug-likeness (QED) is 0.582. The number of hydrogen-bond donors (Lipinski definition) is 2. The zero-order chi connectivity index (χ0) is 20.0. The van der Waals surface area contributed by atoms with Gasteiger partial charge in [-0.05, 0) is 57.7 Å². The molecule has 0 atom stereocenters. The Labute approximate surface area is 158 Å². The molecular formula is C19H37N3O4. The molecule has 0 saturated carbocycles. The number of rotatable bonds is 4. The van der Waals surface area contributed by atoms with E-state index in [1.807, 2.05) is 18.7 Å². The lowest BCUT2D eigenvalue weighted by Crippen LogP contribution is -2.47. The Balaban J connectivity index is 0.00000113. The molecule has 2 heterocycles. The van der Waals surface area contributed by atoms with E-state index in [0.29, 0.717) is 18.4 Å². The van der Waals surface area contributed by atoms with Crippen molar-refractivity contribution in [2.75, 3.05) is 39.8 Å². The first-order chi connectivity index (χ1) is 12.4. The summed E-state index contributed by atoms with van der Waals surface area (Å²) in [5.74, 6) is 0.229. The maximum Gasteiger partial charge on any atom is 0.290 e. The largest absolute Gasteiger partial charge is 0.483 e. The standard InChI is InChI=1S/C16H29N3O2.C2H6.CH2O2/c1-14(20)17-9-3-4-15(21)19-12-7-16(8-13-19)5-10-18(2)11-6-16;1-2;2-1-3/h3-13H2,1-2H3,(H,17,20);1-2H3;1H,(H,2,3). The monoisotopic (exact) mass is 371 g/mol. The number of carbonyl (C=O) groups is 3. The van der Waals surface area contributed by atoms with E-state index in [2.05, 4.69) is 17.3 Å². The highest BCUT2D eigenvalue weighted by Crippen LogP contribution is 2.40. The van der Waals surface area contributed by atoms with E-state index in [4.69, 9.17) is 9.90 Å². The molecule has 0 aromatic heterocycles. The van der Waals surface area contributed by atoms with Gasteiger partial charge in [0.2, 0.25) is 11.8 Å². The first kappa shape index (κ1) is 24.4. The third kappa shape index (κ3) is 9.17. The summed E-state index contributed by atoms with van der Waals surface area (Å²) in [6, 6.07) is 0. The highest BCUT2D eigenvalue weighted by molar-refractivity contribution is 5.76. The number of nitrogens with zero attached hydrogens (tertiary/aromatic N) is 2. The minimum Gasteiger partial charge on any atom is -0.483 e. The molecule has 2 aliphatic heterocycles. The highest BCUT2D eigenvalue weighted by Gasteiger charge is 2.37. The summed E-state index contributed by atoms with van der Waals surface area (Å²) < 4.78 is 0. The van der Waals surface area contributed by atoms with Gasteiger partial charge in [0.05, 0.1) is 0 Å². The van der Waals surface area contributed by atoms with Crippen molar-refractivity contribution < 1.29 is 19.5 Å². The molecule has 0 aromatic carbocycles. The summed E-state index contributed by atoms with van der Waals surface area (Å²) in [5.41, 5.74) is 0.499. The normalized spacial score (nSPS) is 18.7. The summed E-state index contributed by atoms with van der Waals surface area (Å²) in [7, 11) is 2.20. The van der Waals surface area contributed by atoms with Crippen molar-refractivity contribution in [1.82, 2.24) is 15.1 Å². The van der Waals surface area contributed by atoms with Crippen molar-refractivity contribution in [3.8, 4) is 0 Å². The zero-order valence-corrected chi connectivity index (χ0v) is 16.9. The van der Waals surface area contributed by atoms with E-state index in [-0.39, 0.29) is 18.3 Å². The van der Waals surface area contributed by atoms with Gasteiger partial charge in [-0.2, -0.15) is 0 Å². The smallest absolute Gasteiger partial charge is 0.290 e. The number of piperidine rings is 2. The molecule has 2 rings (SSSR count). The lowest BCUT2D eigenvalue weighted by molar-refractivity contribution is -0.134. The molecule has 0 aromatic rings. The van der Waals surface area contributed by atoms with Crippen LogP contribution in [0.3, 0.4) is 0 Å². The fourth-order valence-corrected chi connectivity index (χ4v) is 3.49. The second-order valence-corrected chi connectivity index (χ2v) is 6.88. The van der Waals surface area contributed by atoms with Gasteiger partial charge in [-0.3, -0.25) is 14.4 Å². The number of carbonyl (C=O) groups excluding carboxylic acids is 2. The number of hydrogen-bond acceptors (Lipinski definition) is 4. The van der Waals surface area contributed by atoms with Gasteiger partial charge < -0.3 is 20.2 Å². The van der Waals surface area contributed by atoms with Crippen LogP contribution in [0.5, 0.6) is 0 Å². The van der Waals surface area contributed by atoms with E-state index in [0.717, 1.165) is 32.4 Å². The van der Waals surface area contributed by atoms with Gasteiger partial charge in [0, 0.05) is 33.0 Å². The number of likely N-dealkylation sites (tertiary alicyclic amines) is 2. The molecule has 2 fully saturated rings. The van der Waals surface area contributed by atoms with Crippen LogP contribution in [0.15, 0.2) is 0 Å². The van der Waals surface area contributed by atoms with Crippen molar-refractivity contribution in [2.24, 2.45) is 5.41 Å². The van der Waals surface area contributed by atoms with Gasteiger partial charge in [-0.1, -0.05) is 13.8 Å². The molecule has 7 nitrogen and oxygen atoms in total. The molecule has 152 valence electrons. The number of amides is 2. The van der Waals surface area contributed by atoms with Gasteiger partial charge in [0.25, 0.3) is 6.47 Å². The van der Waals surface area contributed by atoms with Crippen LogP contribution in [0.4, 0.5) is 0 Å². The van der Waals surface area contributed by atoms with Crippen LogP contribution < -0.4 is 5.32 Å². The van der Waals surface area contributed by atoms with Gasteiger partial charge in [0.1, 0.15) is 0 Å². The Hall–Kier alpha value is -1.63. The van der Waals surface area contributed by atoms with E-state index in [9.17, 15) is 9.59 Å². The van der Waals surface area contributed by atoms with Crippen LogP contribution in [-0.2, 0) is 14.4 Å². The van der Waals surface area contributed by atoms with Crippen LogP contribution in [0.25, 0.3) is 0 Å². The highest BCUT2D eigenvalue weighted by atomic mass is 16.3. The molecule has 2 amide bonds. The predicted octanol–water partition coefficient (Wildman–Crippen LogP) is 1.96. The van der Waals surface area contributed by atoms with Crippen molar-refractivity contribution >= 4 is 18.3 Å². The zero-order valence-electron chi connectivity index (χ0n) is 16.9. The Morgan fingerprint density at radius 2 is 1.54 bits per heavy atom. The Morgan fingerprint density at radius 3 is 2.00 bits per heavy atom. The van der Waals surface area contributed by atoms with Crippen molar-refractivity contribution in [3.05, 3.63) is 0 Å². The average molecular weight is 372 g/mol. The molecule has 26 heavy (non-hydrogen) atoms. The Kier molecular flexibility index (Phi) is 12.7. The van der Waals surface area contributed by atoms with Crippen LogP contribution in [-0.4, -0.2) is 73.0 Å². The maximum absolute atomic E-state index is 12.2. The fourth-order valence-electron chi connectivity index (χ4n) is 3.49. The number of carboxylic acid groups (broad SMARTS) is 1. The average Bonchev–Trinajstić information content (AvgIpc) is 2.64. The third-order valence-electron chi connectivity index (χ3n) is 5.17. The Bertz CT molecular complexity index is 411. The van der Waals surface area contributed by atoms with Gasteiger partial charge in [-0.15, -0.1) is 0 Å². The van der Waals surface area contributed by atoms with Crippen molar-refractivity contribution in [2.45, 2.75) is 59.3 Å². The SMILES string of the molecule is CC.CC(=O)NCCCC(=O)N1CCC2(CCN(C)CC2)CC1.O=CO. The summed E-state index contributed by atoms with van der Waals surface area (Å²) in [6.45, 7) is 10.1. The minimum absolute atomic E-state index is 0.0235. The van der Waals surface area contributed by atoms with Gasteiger partial charge in [-0.25, -0.2) is 0 Å². The van der Waals surface area contributed by atoms with Crippen LogP contribution in [0, 0.1) is 5.41 Å². The second-order valence-electron chi connectivity index (χ2n) is 6.88. The minimum atomic E-state index is -0.250. The lowest BCUT2D eigenvalue weighted by atomic mass is 9.71. The van der Waals surface area contributed by atoms with Crippen LogP contribution in [0.1, 0.15) is 59.3 Å². The molecular weight excluding hydrogens is 334 g/mol. The summed E-state index contributed by atoms with van der Waals surface area (Å²) in [6.07, 6.45) is 6.19. The Morgan fingerprint density at radius 1 is 1.08 bits per heavy atom. The molecule has 0 aliphatic carbocycles. The summed E-state index contributed by atoms with van der Waals surface area (Å²) >= 11 is 0. The molecule has 7 heteroatoms. The van der Waals surface area contributed by atoms with E-state index in [1.165, 1.54) is 32.9 Å². The molecule has 0 bridgehead atoms. The predicted molar refractivity (Wildman–Crippen MR) is 103 cm³/mol. The van der Waals surface area contributed by atoms with Crippen molar-refractivity contribution in [3.63, 3.8) is 0 Å². The topological polar surface area (TPSA) is 90.0 Å². The number of nitrogens with one attached hydrogen (secondary N) is 1. The van der Waals surface area contributed by atoms with Crippen molar-refractivity contribution in [1.29, 1.82) is 0 Å². The van der Waals surface area contributed by atoms with E-state index < -0.39 is 0 Å². The van der Waals surface area contributed by atoms with Crippen LogP contribution in [0.2, 0.25) is 0 Å². The second kappa shape index (κ2) is 13.6. The van der Waals surface area contributed by atoms with E-state index in [1.54, 1.807) is 0 Å². The lowest BCUT2D eigenvalue weighted by Gasteiger charge is -2.46. The summed E-state index contributed by atoms with van der Waals surface area (Å²) in [4.78, 5) is 35.7. The molecule has 0 radical (unpaired) electrons.